The first kappa shape index (κ1) is 16.2. The van der Waals surface area contributed by atoms with E-state index in [1.807, 2.05) is 0 Å². The third-order valence-corrected chi connectivity index (χ3v) is 3.43. The molecule has 0 radical (unpaired) electrons. The van der Waals surface area contributed by atoms with Crippen molar-refractivity contribution < 1.29 is 22.7 Å². The third-order valence-electron chi connectivity index (χ3n) is 2.57. The van der Waals surface area contributed by atoms with Crippen molar-refractivity contribution in [3.8, 4) is 0 Å². The van der Waals surface area contributed by atoms with Crippen LogP contribution in [0.3, 0.4) is 0 Å². The highest BCUT2D eigenvalue weighted by atomic mass is 32.2. The van der Waals surface area contributed by atoms with Crippen LogP contribution in [-0.4, -0.2) is 52.2 Å². The molecule has 0 saturated heterocycles. The van der Waals surface area contributed by atoms with E-state index in [1.54, 1.807) is 12.1 Å². The molecule has 0 aromatic heterocycles. The van der Waals surface area contributed by atoms with Gasteiger partial charge in [-0.25, -0.2) is 8.42 Å². The molecule has 0 N–H and O–H groups in total. The number of hydrogen-bond donors (Lipinski definition) is 0. The molecular weight excluding hydrogens is 282 g/mol. The zero-order valence-electron chi connectivity index (χ0n) is 11.6. The van der Waals surface area contributed by atoms with E-state index in [2.05, 4.69) is 4.74 Å². The van der Waals surface area contributed by atoms with Gasteiger partial charge in [-0.3, -0.25) is 9.59 Å². The van der Waals surface area contributed by atoms with E-state index in [4.69, 9.17) is 0 Å². The summed E-state index contributed by atoms with van der Waals surface area (Å²) in [4.78, 5) is 24.3. The number of carbonyl (C=O) groups excluding carboxylic acids is 2. The number of benzene rings is 1. The molecule has 1 aromatic rings. The van der Waals surface area contributed by atoms with Gasteiger partial charge in [0.05, 0.1) is 12.9 Å². The topological polar surface area (TPSA) is 80.8 Å². The summed E-state index contributed by atoms with van der Waals surface area (Å²) in [6.45, 7) is -0.138. The highest BCUT2D eigenvalue weighted by Gasteiger charge is 2.15. The van der Waals surface area contributed by atoms with Crippen molar-refractivity contribution in [2.24, 2.45) is 0 Å². The minimum atomic E-state index is -3.10. The van der Waals surface area contributed by atoms with Gasteiger partial charge in [-0.15, -0.1) is 0 Å². The number of nitrogens with zero attached hydrogens (tertiary/aromatic N) is 1. The monoisotopic (exact) mass is 299 g/mol. The summed E-state index contributed by atoms with van der Waals surface area (Å²) in [6, 6.07) is 6.24. The second-order valence-corrected chi connectivity index (χ2v) is 6.64. The summed E-state index contributed by atoms with van der Waals surface area (Å²) >= 11 is 0. The number of hydrogen-bond acceptors (Lipinski definition) is 5. The molecule has 110 valence electrons. The average Bonchev–Trinajstić information content (AvgIpc) is 2.36. The maximum absolute atomic E-state index is 12.0. The van der Waals surface area contributed by atoms with Crippen molar-refractivity contribution in [3.05, 3.63) is 35.4 Å². The smallest absolute Gasteiger partial charge is 0.325 e. The minimum absolute atomic E-state index is 0.0700. The maximum atomic E-state index is 12.0. The zero-order valence-corrected chi connectivity index (χ0v) is 12.4. The van der Waals surface area contributed by atoms with Crippen LogP contribution in [0.5, 0.6) is 0 Å². The first-order valence-corrected chi connectivity index (χ1v) is 7.88. The van der Waals surface area contributed by atoms with Crippen molar-refractivity contribution in [1.29, 1.82) is 0 Å². The molecule has 0 spiro atoms. The Kier molecular flexibility index (Phi) is 5.26. The molecular formula is C13H17NO5S. The molecule has 1 rings (SSSR count). The van der Waals surface area contributed by atoms with Crippen LogP contribution in [-0.2, 0) is 25.1 Å². The maximum Gasteiger partial charge on any atom is 0.325 e. The van der Waals surface area contributed by atoms with E-state index < -0.39 is 15.8 Å². The lowest BCUT2D eigenvalue weighted by atomic mass is 10.1. The van der Waals surface area contributed by atoms with Crippen LogP contribution in [0.2, 0.25) is 0 Å². The van der Waals surface area contributed by atoms with E-state index in [-0.39, 0.29) is 18.2 Å². The van der Waals surface area contributed by atoms with Gasteiger partial charge >= 0.3 is 5.97 Å². The van der Waals surface area contributed by atoms with Gasteiger partial charge < -0.3 is 9.64 Å². The molecule has 1 amide bonds. The van der Waals surface area contributed by atoms with Crippen LogP contribution in [0.25, 0.3) is 0 Å². The number of rotatable bonds is 5. The summed E-state index contributed by atoms with van der Waals surface area (Å²) < 4.78 is 26.8. The van der Waals surface area contributed by atoms with Crippen LogP contribution in [0.4, 0.5) is 0 Å². The fraction of sp³-hybridized carbons (Fsp3) is 0.385. The molecule has 0 fully saturated rings. The molecule has 0 aliphatic rings. The van der Waals surface area contributed by atoms with Crippen LogP contribution in [0, 0.1) is 0 Å². The third kappa shape index (κ3) is 5.00. The summed E-state index contributed by atoms with van der Waals surface area (Å²) in [5, 5.41) is 0. The Hall–Kier alpha value is -1.89. The molecule has 0 heterocycles. The van der Waals surface area contributed by atoms with Crippen LogP contribution in [0.15, 0.2) is 24.3 Å². The van der Waals surface area contributed by atoms with Crippen molar-refractivity contribution in [2.75, 3.05) is 27.0 Å². The summed E-state index contributed by atoms with van der Waals surface area (Å²) in [7, 11) is -0.362. The quantitative estimate of drug-likeness (QED) is 0.739. The Morgan fingerprint density at radius 1 is 1.20 bits per heavy atom. The van der Waals surface area contributed by atoms with Crippen molar-refractivity contribution >= 4 is 21.7 Å². The number of amides is 1. The van der Waals surface area contributed by atoms with Crippen LogP contribution in [0.1, 0.15) is 15.9 Å². The second kappa shape index (κ2) is 6.51. The molecule has 7 heteroatoms. The lowest BCUT2D eigenvalue weighted by molar-refractivity contribution is -0.141. The first-order valence-electron chi connectivity index (χ1n) is 5.82. The SMILES string of the molecule is COC(=O)CN(C)C(=O)c1ccc(CS(C)(=O)=O)cc1. The van der Waals surface area contributed by atoms with E-state index in [0.717, 1.165) is 6.26 Å². The second-order valence-electron chi connectivity index (χ2n) is 4.50. The average molecular weight is 299 g/mol. The van der Waals surface area contributed by atoms with E-state index in [9.17, 15) is 18.0 Å². The molecule has 0 bridgehead atoms. The Morgan fingerprint density at radius 2 is 1.75 bits per heavy atom. The summed E-state index contributed by atoms with van der Waals surface area (Å²) in [5.41, 5.74) is 0.994. The first-order chi connectivity index (χ1) is 9.23. The van der Waals surface area contributed by atoms with Gasteiger partial charge in [-0.2, -0.15) is 0 Å². The standard InChI is InChI=1S/C13H17NO5S/c1-14(8-12(15)19-2)13(16)11-6-4-10(5-7-11)9-20(3,17)18/h4-7H,8-9H2,1-3H3. The normalized spacial score (nSPS) is 10.9. The van der Waals surface area contributed by atoms with Gasteiger partial charge in [0.15, 0.2) is 9.84 Å². The predicted octanol–water partition coefficient (Wildman–Crippen LogP) is 0.476. The number of ether oxygens (including phenoxy) is 1. The van der Waals surface area contributed by atoms with Gasteiger partial charge in [-0.1, -0.05) is 12.1 Å². The van der Waals surface area contributed by atoms with Crippen molar-refractivity contribution in [3.63, 3.8) is 0 Å². The van der Waals surface area contributed by atoms with Gasteiger partial charge in [0.1, 0.15) is 6.54 Å². The van der Waals surface area contributed by atoms with Crippen LogP contribution >= 0.6 is 0 Å². The van der Waals surface area contributed by atoms with Crippen LogP contribution < -0.4 is 0 Å². The lowest BCUT2D eigenvalue weighted by Crippen LogP contribution is -2.32. The Labute approximate surface area is 118 Å². The van der Waals surface area contributed by atoms with Crippen molar-refractivity contribution in [1.82, 2.24) is 4.90 Å². The molecule has 6 nitrogen and oxygen atoms in total. The van der Waals surface area contributed by atoms with Gasteiger partial charge in [0.2, 0.25) is 0 Å². The van der Waals surface area contributed by atoms with Gasteiger partial charge in [0, 0.05) is 18.9 Å². The molecule has 0 aliphatic carbocycles. The number of sulfone groups is 1. The number of likely N-dealkylation sites (N-methyl/N-ethyl adjacent to an activating group) is 1. The molecule has 20 heavy (non-hydrogen) atoms. The molecule has 0 aliphatic heterocycles. The molecule has 1 aromatic carbocycles. The Balaban J connectivity index is 2.78. The predicted molar refractivity (Wildman–Crippen MR) is 74.0 cm³/mol. The Bertz CT molecular complexity index is 592. The summed E-state index contributed by atoms with van der Waals surface area (Å²) in [5.74, 6) is -0.907. The number of methoxy groups -OCH3 is 1. The fourth-order valence-corrected chi connectivity index (χ4v) is 2.39. The van der Waals surface area contributed by atoms with E-state index in [0.29, 0.717) is 11.1 Å². The summed E-state index contributed by atoms with van der Waals surface area (Å²) in [6.07, 6.45) is 1.15. The number of esters is 1. The van der Waals surface area contributed by atoms with Gasteiger partial charge in [0.25, 0.3) is 5.91 Å². The zero-order chi connectivity index (χ0) is 15.3. The van der Waals surface area contributed by atoms with E-state index >= 15 is 0 Å². The highest BCUT2D eigenvalue weighted by molar-refractivity contribution is 7.89. The number of carbonyl (C=O) groups is 2. The minimum Gasteiger partial charge on any atom is -0.468 e. The highest BCUT2D eigenvalue weighted by Crippen LogP contribution is 2.09. The van der Waals surface area contributed by atoms with Crippen molar-refractivity contribution in [2.45, 2.75) is 5.75 Å². The molecule has 0 atom stereocenters. The molecule has 0 unspecified atom stereocenters. The van der Waals surface area contributed by atoms with E-state index in [1.165, 1.54) is 31.2 Å². The largest absolute Gasteiger partial charge is 0.468 e. The molecule has 0 saturated carbocycles. The van der Waals surface area contributed by atoms with Gasteiger partial charge in [-0.05, 0) is 17.7 Å². The lowest BCUT2D eigenvalue weighted by Gasteiger charge is -2.15. The fourth-order valence-electron chi connectivity index (χ4n) is 1.60. The Morgan fingerprint density at radius 3 is 2.20 bits per heavy atom.